The molecular weight excluding hydrogens is 352 g/mol. The van der Waals surface area contributed by atoms with Crippen molar-refractivity contribution in [3.8, 4) is 11.5 Å². The normalized spacial score (nSPS) is 14.2. The number of carbonyl (C=O) groups is 2. The Morgan fingerprint density at radius 1 is 0.962 bits per heavy atom. The number of hydrogen-bond donors (Lipinski definition) is 0. The summed E-state index contributed by atoms with van der Waals surface area (Å²) < 4.78 is 10.6. The third kappa shape index (κ3) is 4.76. The second-order valence-electron chi connectivity index (χ2n) is 5.98. The van der Waals surface area contributed by atoms with Crippen LogP contribution in [-0.2, 0) is 16.0 Å². The first kappa shape index (κ1) is 18.3. The molecule has 26 heavy (non-hydrogen) atoms. The summed E-state index contributed by atoms with van der Waals surface area (Å²) in [5.41, 5.74) is 0. The standard InChI is InChI=1S/C19H22N2O4S/c1-24-15-4-6-16(7-5-15)25-14-19(23)21-10-8-20(9-11-21)18(22)13-17-3-2-12-26-17/h2-7,12H,8-11,13-14H2,1H3. The fourth-order valence-electron chi connectivity index (χ4n) is 2.79. The molecule has 3 rings (SSSR count). The molecule has 0 saturated carbocycles. The Labute approximate surface area is 156 Å². The number of carbonyl (C=O) groups excluding carboxylic acids is 2. The van der Waals surface area contributed by atoms with E-state index in [9.17, 15) is 9.59 Å². The van der Waals surface area contributed by atoms with Crippen LogP contribution in [0.4, 0.5) is 0 Å². The summed E-state index contributed by atoms with van der Waals surface area (Å²) in [5, 5.41) is 1.97. The molecule has 1 saturated heterocycles. The summed E-state index contributed by atoms with van der Waals surface area (Å²) >= 11 is 1.59. The summed E-state index contributed by atoms with van der Waals surface area (Å²) in [6.07, 6.45) is 0.437. The van der Waals surface area contributed by atoms with E-state index in [4.69, 9.17) is 9.47 Å². The van der Waals surface area contributed by atoms with Crippen molar-refractivity contribution in [3.63, 3.8) is 0 Å². The summed E-state index contributed by atoms with van der Waals surface area (Å²) in [6.45, 7) is 2.22. The molecule has 138 valence electrons. The van der Waals surface area contributed by atoms with Crippen molar-refractivity contribution < 1.29 is 19.1 Å². The Kier molecular flexibility index (Phi) is 6.12. The van der Waals surface area contributed by atoms with Gasteiger partial charge in [0.05, 0.1) is 13.5 Å². The molecule has 0 atom stereocenters. The highest BCUT2D eigenvalue weighted by atomic mass is 32.1. The van der Waals surface area contributed by atoms with E-state index in [1.807, 2.05) is 22.4 Å². The minimum atomic E-state index is -0.0637. The highest BCUT2D eigenvalue weighted by Crippen LogP contribution is 2.17. The molecule has 7 heteroatoms. The largest absolute Gasteiger partial charge is 0.497 e. The quantitative estimate of drug-likeness (QED) is 0.777. The van der Waals surface area contributed by atoms with Gasteiger partial charge in [0.1, 0.15) is 11.5 Å². The highest BCUT2D eigenvalue weighted by Gasteiger charge is 2.24. The molecule has 0 radical (unpaired) electrons. The fraction of sp³-hybridized carbons (Fsp3) is 0.368. The van der Waals surface area contributed by atoms with Crippen LogP contribution < -0.4 is 9.47 Å². The molecule has 2 aromatic rings. The number of methoxy groups -OCH3 is 1. The van der Waals surface area contributed by atoms with Gasteiger partial charge in [-0.2, -0.15) is 0 Å². The fourth-order valence-corrected chi connectivity index (χ4v) is 3.48. The van der Waals surface area contributed by atoms with Gasteiger partial charge >= 0.3 is 0 Å². The van der Waals surface area contributed by atoms with Gasteiger partial charge < -0.3 is 19.3 Å². The first-order chi connectivity index (χ1) is 12.7. The van der Waals surface area contributed by atoms with Gasteiger partial charge in [-0.15, -0.1) is 11.3 Å². The molecule has 0 bridgehead atoms. The summed E-state index contributed by atoms with van der Waals surface area (Å²) in [7, 11) is 1.60. The topological polar surface area (TPSA) is 59.1 Å². The molecule has 0 N–H and O–H groups in total. The molecule has 0 unspecified atom stereocenters. The molecule has 1 fully saturated rings. The minimum Gasteiger partial charge on any atom is -0.497 e. The Balaban J connectivity index is 1.42. The van der Waals surface area contributed by atoms with Gasteiger partial charge in [-0.25, -0.2) is 0 Å². The second-order valence-corrected chi connectivity index (χ2v) is 7.01. The number of nitrogens with zero attached hydrogens (tertiary/aromatic N) is 2. The van der Waals surface area contributed by atoms with Crippen LogP contribution >= 0.6 is 11.3 Å². The maximum atomic E-state index is 12.3. The zero-order chi connectivity index (χ0) is 18.4. The molecule has 2 heterocycles. The van der Waals surface area contributed by atoms with Crippen molar-refractivity contribution in [2.45, 2.75) is 6.42 Å². The van der Waals surface area contributed by atoms with E-state index < -0.39 is 0 Å². The number of rotatable bonds is 6. The van der Waals surface area contributed by atoms with Gasteiger partial charge in [0.25, 0.3) is 5.91 Å². The number of piperazine rings is 1. The molecule has 1 aliphatic heterocycles. The van der Waals surface area contributed by atoms with Crippen LogP contribution in [0, 0.1) is 0 Å². The lowest BCUT2D eigenvalue weighted by molar-refractivity contribution is -0.140. The van der Waals surface area contributed by atoms with E-state index in [1.165, 1.54) is 0 Å². The maximum Gasteiger partial charge on any atom is 0.260 e. The lowest BCUT2D eigenvalue weighted by Crippen LogP contribution is -2.51. The number of ether oxygens (including phenoxy) is 2. The lowest BCUT2D eigenvalue weighted by Gasteiger charge is -2.34. The Morgan fingerprint density at radius 3 is 2.15 bits per heavy atom. The van der Waals surface area contributed by atoms with Crippen LogP contribution in [0.25, 0.3) is 0 Å². The molecule has 2 amide bonds. The predicted molar refractivity (Wildman–Crippen MR) is 99.7 cm³/mol. The van der Waals surface area contributed by atoms with E-state index in [-0.39, 0.29) is 18.4 Å². The Hall–Kier alpha value is -2.54. The van der Waals surface area contributed by atoms with Crippen molar-refractivity contribution in [2.75, 3.05) is 39.9 Å². The van der Waals surface area contributed by atoms with E-state index in [0.717, 1.165) is 10.6 Å². The average molecular weight is 374 g/mol. The van der Waals surface area contributed by atoms with Crippen LogP contribution in [0.5, 0.6) is 11.5 Å². The van der Waals surface area contributed by atoms with Gasteiger partial charge in [0.15, 0.2) is 6.61 Å². The first-order valence-electron chi connectivity index (χ1n) is 8.50. The van der Waals surface area contributed by atoms with E-state index in [0.29, 0.717) is 38.3 Å². The lowest BCUT2D eigenvalue weighted by atomic mass is 10.2. The van der Waals surface area contributed by atoms with Crippen LogP contribution in [0.2, 0.25) is 0 Å². The van der Waals surface area contributed by atoms with Gasteiger partial charge in [0, 0.05) is 31.1 Å². The molecular formula is C19H22N2O4S. The van der Waals surface area contributed by atoms with E-state index >= 15 is 0 Å². The average Bonchev–Trinajstić information content (AvgIpc) is 3.19. The molecule has 0 aliphatic carbocycles. The molecule has 1 aliphatic rings. The molecule has 6 nitrogen and oxygen atoms in total. The van der Waals surface area contributed by atoms with Crippen molar-refractivity contribution >= 4 is 23.2 Å². The number of benzene rings is 1. The van der Waals surface area contributed by atoms with E-state index in [1.54, 1.807) is 47.6 Å². The smallest absolute Gasteiger partial charge is 0.260 e. The summed E-state index contributed by atoms with van der Waals surface area (Å²) in [6, 6.07) is 11.0. The van der Waals surface area contributed by atoms with Crippen LogP contribution in [0.15, 0.2) is 41.8 Å². The van der Waals surface area contributed by atoms with Crippen molar-refractivity contribution in [1.29, 1.82) is 0 Å². The van der Waals surface area contributed by atoms with E-state index in [2.05, 4.69) is 0 Å². The summed E-state index contributed by atoms with van der Waals surface area (Å²) in [5.74, 6) is 1.43. The number of hydrogen-bond acceptors (Lipinski definition) is 5. The summed E-state index contributed by atoms with van der Waals surface area (Å²) in [4.78, 5) is 29.2. The molecule has 1 aromatic carbocycles. The zero-order valence-electron chi connectivity index (χ0n) is 14.7. The molecule has 0 spiro atoms. The highest BCUT2D eigenvalue weighted by molar-refractivity contribution is 7.10. The van der Waals surface area contributed by atoms with Crippen molar-refractivity contribution in [1.82, 2.24) is 9.80 Å². The second kappa shape index (κ2) is 8.71. The molecule has 1 aromatic heterocycles. The number of amides is 2. The third-order valence-corrected chi connectivity index (χ3v) is 5.19. The van der Waals surface area contributed by atoms with Gasteiger partial charge in [-0.3, -0.25) is 9.59 Å². The van der Waals surface area contributed by atoms with Crippen LogP contribution in [0.3, 0.4) is 0 Å². The first-order valence-corrected chi connectivity index (χ1v) is 9.38. The SMILES string of the molecule is COc1ccc(OCC(=O)N2CCN(C(=O)Cc3cccs3)CC2)cc1. The number of thiophene rings is 1. The van der Waals surface area contributed by atoms with Gasteiger partial charge in [-0.05, 0) is 35.7 Å². The minimum absolute atomic E-state index is 0.00449. The van der Waals surface area contributed by atoms with Crippen molar-refractivity contribution in [2.24, 2.45) is 0 Å². The van der Waals surface area contributed by atoms with Crippen LogP contribution in [0.1, 0.15) is 4.88 Å². The van der Waals surface area contributed by atoms with Crippen molar-refractivity contribution in [3.05, 3.63) is 46.7 Å². The van der Waals surface area contributed by atoms with Gasteiger partial charge in [-0.1, -0.05) is 6.07 Å². The van der Waals surface area contributed by atoms with Crippen LogP contribution in [-0.4, -0.2) is 61.5 Å². The van der Waals surface area contributed by atoms with Gasteiger partial charge in [0.2, 0.25) is 5.91 Å². The zero-order valence-corrected chi connectivity index (χ0v) is 15.5. The third-order valence-electron chi connectivity index (χ3n) is 4.31. The Bertz CT molecular complexity index is 723. The maximum absolute atomic E-state index is 12.3. The Morgan fingerprint density at radius 2 is 1.58 bits per heavy atom. The predicted octanol–water partition coefficient (Wildman–Crippen LogP) is 2.05. The monoisotopic (exact) mass is 374 g/mol.